The lowest BCUT2D eigenvalue weighted by molar-refractivity contribution is -0.166. The maximum atomic E-state index is 12.7. The molecule has 0 aromatic heterocycles. The second-order valence-corrected chi connectivity index (χ2v) is 14.9. The van der Waals surface area contributed by atoms with Crippen molar-refractivity contribution in [2.45, 2.75) is 213 Å². The minimum atomic E-state index is -0.831. The van der Waals surface area contributed by atoms with Crippen LogP contribution in [0.2, 0.25) is 0 Å². The van der Waals surface area contributed by atoms with Crippen molar-refractivity contribution in [2.75, 3.05) is 13.2 Å². The van der Waals surface area contributed by atoms with Crippen molar-refractivity contribution in [3.05, 3.63) is 72.9 Å². The molecular formula is C50H84O6. The van der Waals surface area contributed by atoms with Gasteiger partial charge in [-0.3, -0.25) is 14.4 Å². The molecule has 0 aliphatic carbocycles. The molecule has 0 amide bonds. The largest absolute Gasteiger partial charge is 0.462 e. The summed E-state index contributed by atoms with van der Waals surface area (Å²) in [6.07, 6.45) is 54.8. The third-order valence-corrected chi connectivity index (χ3v) is 9.44. The molecule has 0 aliphatic heterocycles. The van der Waals surface area contributed by atoms with Gasteiger partial charge in [-0.15, -0.1) is 0 Å². The first-order valence-electron chi connectivity index (χ1n) is 22.9. The molecule has 1 unspecified atom stereocenters. The summed E-state index contributed by atoms with van der Waals surface area (Å²) >= 11 is 0. The molecule has 0 aromatic rings. The standard InChI is InChI=1S/C50H84O6/c1-4-7-10-13-16-19-22-25-28-31-34-37-40-43-49(52)55-46-47(45-54-48(51)42-39-36-33-30-27-24-21-18-15-12-9-6-3)56-50(53)44-41-38-35-32-29-26-23-20-17-14-11-8-5-2/h9,12,18,21,25-26,28-29,34-35,37-38,47H,4-8,10-11,13-17,19-20,22-24,27,30-33,36,39-46H2,1-3H3/b12-9-,21-18-,28-25-,29-26-,37-34-,38-35-. The summed E-state index contributed by atoms with van der Waals surface area (Å²) in [6.45, 7) is 6.37. The Morgan fingerprint density at radius 1 is 0.375 bits per heavy atom. The molecule has 0 fully saturated rings. The molecule has 0 aromatic carbocycles. The monoisotopic (exact) mass is 781 g/mol. The van der Waals surface area contributed by atoms with Crippen molar-refractivity contribution >= 4 is 17.9 Å². The Labute approximate surface area is 344 Å². The van der Waals surface area contributed by atoms with Crippen LogP contribution >= 0.6 is 0 Å². The number of allylic oxidation sites excluding steroid dienone is 12. The lowest BCUT2D eigenvalue weighted by Gasteiger charge is -2.18. The second-order valence-electron chi connectivity index (χ2n) is 14.9. The topological polar surface area (TPSA) is 78.9 Å². The van der Waals surface area contributed by atoms with Crippen LogP contribution in [0.15, 0.2) is 72.9 Å². The summed E-state index contributed by atoms with van der Waals surface area (Å²) in [4.78, 5) is 37.7. The predicted octanol–water partition coefficient (Wildman–Crippen LogP) is 14.7. The van der Waals surface area contributed by atoms with Crippen LogP contribution in [0.25, 0.3) is 0 Å². The van der Waals surface area contributed by atoms with Crippen LogP contribution in [0.3, 0.4) is 0 Å². The first-order valence-corrected chi connectivity index (χ1v) is 22.9. The summed E-state index contributed by atoms with van der Waals surface area (Å²) < 4.78 is 16.6. The van der Waals surface area contributed by atoms with Gasteiger partial charge in [0.15, 0.2) is 6.10 Å². The fourth-order valence-electron chi connectivity index (χ4n) is 6.00. The molecule has 0 rings (SSSR count). The maximum absolute atomic E-state index is 12.7. The third kappa shape index (κ3) is 42.0. The van der Waals surface area contributed by atoms with Crippen LogP contribution in [0.5, 0.6) is 0 Å². The molecule has 1 atom stereocenters. The Balaban J connectivity index is 4.55. The summed E-state index contributed by atoms with van der Waals surface area (Å²) in [5, 5.41) is 0. The van der Waals surface area contributed by atoms with Crippen LogP contribution in [0.1, 0.15) is 207 Å². The number of rotatable bonds is 40. The van der Waals surface area contributed by atoms with Crippen molar-refractivity contribution in [3.63, 3.8) is 0 Å². The highest BCUT2D eigenvalue weighted by molar-refractivity contribution is 5.71. The van der Waals surface area contributed by atoms with E-state index in [1.807, 2.05) is 12.2 Å². The van der Waals surface area contributed by atoms with E-state index in [1.165, 1.54) is 77.0 Å². The normalized spacial score (nSPS) is 12.7. The summed E-state index contributed by atoms with van der Waals surface area (Å²) in [5.74, 6) is -1.08. The molecule has 0 aliphatic rings. The number of ether oxygens (including phenoxy) is 3. The molecule has 0 saturated carbocycles. The molecule has 0 saturated heterocycles. The second kappa shape index (κ2) is 44.6. The quantitative estimate of drug-likeness (QED) is 0.0267. The van der Waals surface area contributed by atoms with Gasteiger partial charge in [0.1, 0.15) is 13.2 Å². The van der Waals surface area contributed by atoms with E-state index in [4.69, 9.17) is 14.2 Å². The Kier molecular flexibility index (Phi) is 42.1. The molecule has 320 valence electrons. The van der Waals surface area contributed by atoms with Gasteiger partial charge in [0.2, 0.25) is 0 Å². The zero-order valence-electron chi connectivity index (χ0n) is 36.4. The zero-order chi connectivity index (χ0) is 40.8. The molecule has 0 heterocycles. The van der Waals surface area contributed by atoms with Crippen molar-refractivity contribution in [2.24, 2.45) is 0 Å². The molecule has 0 radical (unpaired) electrons. The van der Waals surface area contributed by atoms with E-state index in [-0.39, 0.29) is 38.0 Å². The molecular weight excluding hydrogens is 697 g/mol. The first-order chi connectivity index (χ1) is 27.5. The zero-order valence-corrected chi connectivity index (χ0v) is 36.4. The van der Waals surface area contributed by atoms with Gasteiger partial charge in [0.05, 0.1) is 0 Å². The van der Waals surface area contributed by atoms with Gasteiger partial charge in [-0.2, -0.15) is 0 Å². The lowest BCUT2D eigenvalue weighted by atomic mass is 10.1. The summed E-state index contributed by atoms with van der Waals surface area (Å²) in [5.41, 5.74) is 0. The third-order valence-electron chi connectivity index (χ3n) is 9.44. The van der Waals surface area contributed by atoms with E-state index in [2.05, 4.69) is 81.5 Å². The van der Waals surface area contributed by atoms with Crippen LogP contribution in [-0.2, 0) is 28.6 Å². The van der Waals surface area contributed by atoms with E-state index in [1.54, 1.807) is 0 Å². The van der Waals surface area contributed by atoms with Crippen LogP contribution in [0, 0.1) is 0 Å². The number of unbranched alkanes of at least 4 members (excludes halogenated alkanes) is 17. The van der Waals surface area contributed by atoms with E-state index in [0.29, 0.717) is 19.3 Å². The molecule has 56 heavy (non-hydrogen) atoms. The molecule has 0 spiro atoms. The Morgan fingerprint density at radius 3 is 1.18 bits per heavy atom. The van der Waals surface area contributed by atoms with E-state index >= 15 is 0 Å². The Hall–Kier alpha value is -3.15. The van der Waals surface area contributed by atoms with Gasteiger partial charge in [-0.1, -0.05) is 177 Å². The predicted molar refractivity (Wildman–Crippen MR) is 238 cm³/mol. The summed E-state index contributed by atoms with van der Waals surface area (Å²) in [7, 11) is 0. The molecule has 6 heteroatoms. The highest BCUT2D eigenvalue weighted by atomic mass is 16.6. The van der Waals surface area contributed by atoms with Crippen molar-refractivity contribution in [3.8, 4) is 0 Å². The smallest absolute Gasteiger partial charge is 0.306 e. The van der Waals surface area contributed by atoms with Gasteiger partial charge < -0.3 is 14.2 Å². The van der Waals surface area contributed by atoms with Crippen molar-refractivity contribution < 1.29 is 28.6 Å². The Morgan fingerprint density at radius 2 is 0.732 bits per heavy atom. The minimum absolute atomic E-state index is 0.123. The first kappa shape index (κ1) is 52.9. The Bertz CT molecular complexity index is 1080. The van der Waals surface area contributed by atoms with E-state index in [0.717, 1.165) is 77.0 Å². The molecule has 6 nitrogen and oxygen atoms in total. The maximum Gasteiger partial charge on any atom is 0.306 e. The highest BCUT2D eigenvalue weighted by Gasteiger charge is 2.19. The summed E-state index contributed by atoms with van der Waals surface area (Å²) in [6, 6.07) is 0. The number of carbonyl (C=O) groups excluding carboxylic acids is 3. The fraction of sp³-hybridized carbons (Fsp3) is 0.700. The van der Waals surface area contributed by atoms with Crippen LogP contribution in [-0.4, -0.2) is 37.2 Å². The van der Waals surface area contributed by atoms with E-state index < -0.39 is 12.1 Å². The van der Waals surface area contributed by atoms with Crippen LogP contribution in [0.4, 0.5) is 0 Å². The van der Waals surface area contributed by atoms with E-state index in [9.17, 15) is 14.4 Å². The minimum Gasteiger partial charge on any atom is -0.462 e. The van der Waals surface area contributed by atoms with Crippen molar-refractivity contribution in [1.29, 1.82) is 0 Å². The SMILES string of the molecule is CC/C=C\C/C=C\CCCCCCCC(=O)OCC(COC(=O)CC/C=C\C/C=C\CCCCCCCC)OC(=O)CC/C=C\C/C=C\CCCCCCCC. The molecule has 0 N–H and O–H groups in total. The number of esters is 3. The molecule has 0 bridgehead atoms. The van der Waals surface area contributed by atoms with Gasteiger partial charge in [0.25, 0.3) is 0 Å². The fourth-order valence-corrected chi connectivity index (χ4v) is 6.00. The highest BCUT2D eigenvalue weighted by Crippen LogP contribution is 2.11. The van der Waals surface area contributed by atoms with Gasteiger partial charge >= 0.3 is 17.9 Å². The number of carbonyl (C=O) groups is 3. The van der Waals surface area contributed by atoms with Gasteiger partial charge in [0, 0.05) is 19.3 Å². The van der Waals surface area contributed by atoms with Crippen LogP contribution < -0.4 is 0 Å². The number of hydrogen-bond donors (Lipinski definition) is 0. The van der Waals surface area contributed by atoms with Gasteiger partial charge in [-0.25, -0.2) is 0 Å². The van der Waals surface area contributed by atoms with Crippen molar-refractivity contribution in [1.82, 2.24) is 0 Å². The lowest BCUT2D eigenvalue weighted by Crippen LogP contribution is -2.30. The average molecular weight is 781 g/mol. The number of hydrogen-bond acceptors (Lipinski definition) is 6. The average Bonchev–Trinajstić information content (AvgIpc) is 3.19. The van der Waals surface area contributed by atoms with Gasteiger partial charge in [-0.05, 0) is 83.5 Å².